The molecule has 0 saturated heterocycles. The lowest BCUT2D eigenvalue weighted by Crippen LogP contribution is -2.70. The van der Waals surface area contributed by atoms with E-state index in [9.17, 15) is 25.1 Å². The number of allylic oxidation sites excluding steroid dienone is 1. The number of amides is 2. The van der Waals surface area contributed by atoms with Crippen LogP contribution in [0.25, 0.3) is 10.8 Å². The van der Waals surface area contributed by atoms with Gasteiger partial charge in [-0.15, -0.1) is 6.58 Å². The molecule has 3 N–H and O–H groups in total. The van der Waals surface area contributed by atoms with Gasteiger partial charge in [0.1, 0.15) is 24.1 Å². The molecule has 0 bridgehead atoms. The van der Waals surface area contributed by atoms with Crippen LogP contribution in [0.5, 0.6) is 11.5 Å². The molecule has 2 amide bonds. The number of carbonyl (C=O) groups excluding carboxylic acids is 2. The number of nitrogens with zero attached hydrogens (tertiary/aromatic N) is 3. The molecule has 4 aromatic carbocycles. The van der Waals surface area contributed by atoms with Crippen molar-refractivity contribution < 1.29 is 48.5 Å². The number of unbranched alkanes of at least 4 members (excludes halogenated alkanes) is 11. The van der Waals surface area contributed by atoms with Crippen molar-refractivity contribution in [2.45, 2.75) is 154 Å². The van der Waals surface area contributed by atoms with Crippen LogP contribution in [0.3, 0.4) is 0 Å². The summed E-state index contributed by atoms with van der Waals surface area (Å²) in [5.74, 6) is -1.89. The number of nitrogens with one attached hydrogen (secondary N) is 1. The maximum Gasteiger partial charge on any atom is 0.412 e. The van der Waals surface area contributed by atoms with Crippen molar-refractivity contribution in [3.8, 4) is 11.5 Å². The van der Waals surface area contributed by atoms with E-state index in [1.54, 1.807) is 29.2 Å². The Bertz CT molecular complexity index is 2580. The Morgan fingerprint density at radius 3 is 2.30 bits per heavy atom. The third-order valence-electron chi connectivity index (χ3n) is 15.3. The maximum atomic E-state index is 15.4. The second-order valence-corrected chi connectivity index (χ2v) is 20.5. The molecule has 7 rings (SSSR count). The van der Waals surface area contributed by atoms with Crippen molar-refractivity contribution in [3.63, 3.8) is 0 Å². The van der Waals surface area contributed by atoms with Crippen molar-refractivity contribution in [1.82, 2.24) is 10.2 Å². The van der Waals surface area contributed by atoms with E-state index in [0.29, 0.717) is 55.0 Å². The molecule has 1 saturated carbocycles. The number of oxime groups is 1. The van der Waals surface area contributed by atoms with E-state index in [-0.39, 0.29) is 69.4 Å². The largest absolute Gasteiger partial charge is 0.459 e. The second-order valence-electron chi connectivity index (χ2n) is 20.5. The Hall–Kier alpha value is -6.29. The molecule has 15 nitrogen and oxygen atoms in total. The summed E-state index contributed by atoms with van der Waals surface area (Å²) in [5, 5.41) is 41.4. The van der Waals surface area contributed by atoms with Gasteiger partial charge in [0.2, 0.25) is 5.79 Å². The molecular formula is C61H80N4O11. The summed E-state index contributed by atoms with van der Waals surface area (Å²) in [6.07, 6.45) is 18.4. The molecule has 1 heterocycles. The van der Waals surface area contributed by atoms with Crippen molar-refractivity contribution in [2.75, 3.05) is 33.0 Å². The Labute approximate surface area is 448 Å². The summed E-state index contributed by atoms with van der Waals surface area (Å²) >= 11 is 0. The Morgan fingerprint density at radius 2 is 1.59 bits per heavy atom. The van der Waals surface area contributed by atoms with Gasteiger partial charge in [-0.25, -0.2) is 9.59 Å². The predicted octanol–water partition coefficient (Wildman–Crippen LogP) is 13.2. The van der Waals surface area contributed by atoms with Crippen LogP contribution in [0.4, 0.5) is 15.3 Å². The van der Waals surface area contributed by atoms with Crippen molar-refractivity contribution in [1.29, 1.82) is 0 Å². The van der Waals surface area contributed by atoms with Gasteiger partial charge in [-0.3, -0.25) is 15.0 Å². The van der Waals surface area contributed by atoms with Gasteiger partial charge in [0.05, 0.1) is 36.3 Å². The van der Waals surface area contributed by atoms with Gasteiger partial charge in [0, 0.05) is 49.8 Å². The molecule has 0 aromatic heterocycles. The maximum absolute atomic E-state index is 15.4. The fraction of sp³-hybridized carbons (Fsp3) is 0.525. The average molecular weight is 1050 g/mol. The average Bonchev–Trinajstić information content (AvgIpc) is 3.46. The number of benzene rings is 4. The monoisotopic (exact) mass is 1040 g/mol. The number of non-ortho nitro benzene ring substituents is 1. The summed E-state index contributed by atoms with van der Waals surface area (Å²) in [6.45, 7) is 9.04. The number of aliphatic hydroxyl groups excluding tert-OH is 2. The van der Waals surface area contributed by atoms with Gasteiger partial charge in [-0.05, 0) is 109 Å². The highest BCUT2D eigenvalue weighted by Gasteiger charge is 2.66. The fourth-order valence-corrected chi connectivity index (χ4v) is 11.6. The van der Waals surface area contributed by atoms with Crippen LogP contribution in [0.15, 0.2) is 114 Å². The van der Waals surface area contributed by atoms with Gasteiger partial charge in [0.15, 0.2) is 0 Å². The van der Waals surface area contributed by atoms with Crippen LogP contribution in [0.1, 0.15) is 146 Å². The molecule has 4 aromatic rings. The first-order valence-corrected chi connectivity index (χ1v) is 28.0. The van der Waals surface area contributed by atoms with E-state index in [4.69, 9.17) is 28.9 Å². The van der Waals surface area contributed by atoms with Crippen LogP contribution >= 0.6 is 0 Å². The van der Waals surface area contributed by atoms with Crippen molar-refractivity contribution in [3.05, 3.63) is 136 Å². The fourth-order valence-electron chi connectivity index (χ4n) is 11.6. The first-order chi connectivity index (χ1) is 37.2. The van der Waals surface area contributed by atoms with Crippen molar-refractivity contribution >= 4 is 34.4 Å². The molecule has 410 valence electrons. The summed E-state index contributed by atoms with van der Waals surface area (Å²) in [4.78, 5) is 47.5. The predicted molar refractivity (Wildman–Crippen MR) is 295 cm³/mol. The lowest BCUT2D eigenvalue weighted by Gasteiger charge is -2.59. The highest BCUT2D eigenvalue weighted by atomic mass is 16.7. The van der Waals surface area contributed by atoms with E-state index in [1.165, 1.54) is 50.7 Å². The SMILES string of the molecule is C=CCOC12Oc3ccc(OC(=O)NCC)cc3C3C(CCCCO)C(CCCCO)C=C(C(=NOCc4ccc([N+](=O)[O-])cc4)CC1N(Cc1cccc4ccccc14)C(=O)OCCCCCCCCCCCC)C32. The number of rotatable bonds is 31. The summed E-state index contributed by atoms with van der Waals surface area (Å²) in [7, 11) is 0. The molecule has 1 aliphatic heterocycles. The zero-order valence-electron chi connectivity index (χ0n) is 44.7. The number of nitro benzene ring substituents is 1. The van der Waals surface area contributed by atoms with Crippen LogP contribution < -0.4 is 14.8 Å². The lowest BCUT2D eigenvalue weighted by molar-refractivity contribution is -0.384. The minimum Gasteiger partial charge on any atom is -0.459 e. The number of ether oxygens (including phenoxy) is 4. The first-order valence-electron chi connectivity index (χ1n) is 28.0. The van der Waals surface area contributed by atoms with E-state index in [1.807, 2.05) is 43.3 Å². The van der Waals surface area contributed by atoms with Gasteiger partial charge in [0.25, 0.3) is 5.69 Å². The van der Waals surface area contributed by atoms with Crippen LogP contribution in [0, 0.1) is 27.9 Å². The van der Waals surface area contributed by atoms with Gasteiger partial charge < -0.3 is 39.3 Å². The molecule has 0 radical (unpaired) electrons. The number of carbonyl (C=O) groups is 2. The van der Waals surface area contributed by atoms with Crippen LogP contribution in [-0.4, -0.2) is 82.7 Å². The molecule has 6 atom stereocenters. The zero-order chi connectivity index (χ0) is 53.7. The standard InChI is InChI=1S/C61H80N4O11/c1-4-7-8-9-10-11-12-13-14-21-38-72-60(69)64(42-47-26-22-25-45-23-15-16-27-50(45)47)56-41-54(63-74-43-44-29-31-48(32-30-44)65(70)71)52-39-46(24-17-19-35-66)51(28-18-20-36-67)57-53-40-49(75-59(68)62-6-3)33-34-55(53)76-61(56,58(52)57)73-37-5-2/h5,15-16,22-23,25-27,29-34,39-40,46,51,56-58,66-67H,2,4,6-14,17-21,24,28,35-38,41-43H2,1,3H3,(H,62,68). The quantitative estimate of drug-likeness (QED) is 0.0188. The molecular weight excluding hydrogens is 965 g/mol. The number of nitro groups is 1. The van der Waals surface area contributed by atoms with Gasteiger partial charge in [-0.1, -0.05) is 137 Å². The molecule has 3 aliphatic rings. The third-order valence-corrected chi connectivity index (χ3v) is 15.3. The summed E-state index contributed by atoms with van der Waals surface area (Å²) < 4.78 is 26.9. The highest BCUT2D eigenvalue weighted by molar-refractivity contribution is 6.03. The number of aliphatic hydroxyl groups is 2. The van der Waals surface area contributed by atoms with Crippen molar-refractivity contribution in [2.24, 2.45) is 22.9 Å². The third kappa shape index (κ3) is 14.6. The summed E-state index contributed by atoms with van der Waals surface area (Å²) in [5.41, 5.74) is 3.74. The van der Waals surface area contributed by atoms with Crippen LogP contribution in [-0.2, 0) is 27.5 Å². The minimum atomic E-state index is -1.58. The molecule has 76 heavy (non-hydrogen) atoms. The number of hydrogen-bond acceptors (Lipinski definition) is 12. The van der Waals surface area contributed by atoms with Gasteiger partial charge in [-0.2, -0.15) is 0 Å². The molecule has 0 spiro atoms. The minimum absolute atomic E-state index is 0.00975. The summed E-state index contributed by atoms with van der Waals surface area (Å²) in [6, 6.07) is 24.8. The van der Waals surface area contributed by atoms with E-state index in [2.05, 4.69) is 43.1 Å². The van der Waals surface area contributed by atoms with E-state index >= 15 is 4.79 Å². The second kappa shape index (κ2) is 29.3. The van der Waals surface area contributed by atoms with E-state index in [0.717, 1.165) is 66.0 Å². The topological polar surface area (TPSA) is 192 Å². The smallest absolute Gasteiger partial charge is 0.412 e. The molecule has 15 heteroatoms. The number of hydrogen-bond donors (Lipinski definition) is 3. The Morgan fingerprint density at radius 1 is 0.882 bits per heavy atom. The Balaban J connectivity index is 1.37. The molecule has 1 fully saturated rings. The lowest BCUT2D eigenvalue weighted by atomic mass is 9.55. The number of fused-ring (bicyclic) bond motifs is 3. The zero-order valence-corrected chi connectivity index (χ0v) is 44.7. The normalized spacial score (nSPS) is 20.9. The molecule has 6 unspecified atom stereocenters. The molecule has 2 aliphatic carbocycles. The van der Waals surface area contributed by atoms with Gasteiger partial charge >= 0.3 is 12.2 Å². The first kappa shape index (κ1) is 57.4. The highest BCUT2D eigenvalue weighted by Crippen LogP contribution is 2.62. The van der Waals surface area contributed by atoms with E-state index < -0.39 is 34.9 Å². The Kier molecular flexibility index (Phi) is 22.1. The van der Waals surface area contributed by atoms with Crippen LogP contribution in [0.2, 0.25) is 0 Å².